The van der Waals surface area contributed by atoms with Crippen molar-refractivity contribution in [2.75, 3.05) is 13.3 Å². The van der Waals surface area contributed by atoms with E-state index in [1.807, 2.05) is 6.92 Å². The Morgan fingerprint density at radius 1 is 1.45 bits per heavy atom. The van der Waals surface area contributed by atoms with Gasteiger partial charge in [0.15, 0.2) is 0 Å². The number of hydrogen-bond acceptors (Lipinski definition) is 2. The summed E-state index contributed by atoms with van der Waals surface area (Å²) in [5.74, 6) is 0. The van der Waals surface area contributed by atoms with Crippen molar-refractivity contribution in [2.24, 2.45) is 0 Å². The maximum Gasteiger partial charge on any atom is 0.211 e. The van der Waals surface area contributed by atoms with E-state index in [0.717, 1.165) is 19.3 Å². The molecule has 0 aromatic carbocycles. The third-order valence-corrected chi connectivity index (χ3v) is 4.03. The lowest BCUT2D eigenvalue weighted by Gasteiger charge is -2.24. The number of hydrogen-bond donors (Lipinski definition) is 0. The molecule has 66 valence electrons. The third kappa shape index (κ3) is 1.56. The molecule has 0 unspecified atom stereocenters. The summed E-state index contributed by atoms with van der Waals surface area (Å²) in [5, 5.41) is 0. The molecule has 0 atom stereocenters. The van der Waals surface area contributed by atoms with Crippen molar-refractivity contribution in [3.05, 3.63) is 0 Å². The summed E-state index contributed by atoms with van der Waals surface area (Å²) >= 11 is 0. The van der Waals surface area contributed by atoms with Crippen LogP contribution in [0.25, 0.3) is 0 Å². The molecule has 0 aromatic heterocycles. The molecular formula is C7H15NO2S. The van der Waals surface area contributed by atoms with Gasteiger partial charge in [-0.25, -0.2) is 8.42 Å². The largest absolute Gasteiger partial charge is 0.212 e. The number of sulfonamides is 1. The van der Waals surface area contributed by atoms with E-state index in [9.17, 15) is 8.42 Å². The van der Waals surface area contributed by atoms with Gasteiger partial charge in [0.25, 0.3) is 0 Å². The molecule has 3 nitrogen and oxygen atoms in total. The standard InChI is InChI=1S/C7H15NO2S/c1-4-7(5-6-7)8(2)11(3,9)10/h4-6H2,1-3H3. The maximum atomic E-state index is 11.1. The minimum absolute atomic E-state index is 0.0203. The molecule has 0 N–H and O–H groups in total. The van der Waals surface area contributed by atoms with Crippen molar-refractivity contribution in [3.8, 4) is 0 Å². The Balaban J connectivity index is 2.77. The minimum atomic E-state index is -2.98. The predicted octanol–water partition coefficient (Wildman–Crippen LogP) is 0.820. The average molecular weight is 177 g/mol. The summed E-state index contributed by atoms with van der Waals surface area (Å²) in [6.45, 7) is 2.04. The van der Waals surface area contributed by atoms with E-state index in [4.69, 9.17) is 0 Å². The molecule has 0 spiro atoms. The first kappa shape index (κ1) is 9.00. The van der Waals surface area contributed by atoms with Crippen molar-refractivity contribution in [3.63, 3.8) is 0 Å². The van der Waals surface area contributed by atoms with Gasteiger partial charge in [-0.15, -0.1) is 0 Å². The summed E-state index contributed by atoms with van der Waals surface area (Å²) in [7, 11) is -1.30. The van der Waals surface area contributed by atoms with Crippen LogP contribution in [0, 0.1) is 0 Å². The monoisotopic (exact) mass is 177 g/mol. The molecule has 11 heavy (non-hydrogen) atoms. The molecule has 1 aliphatic carbocycles. The smallest absolute Gasteiger partial charge is 0.211 e. The third-order valence-electron chi connectivity index (χ3n) is 2.65. The topological polar surface area (TPSA) is 37.4 Å². The summed E-state index contributed by atoms with van der Waals surface area (Å²) in [4.78, 5) is 0. The Hall–Kier alpha value is -0.0900. The van der Waals surface area contributed by atoms with Crippen LogP contribution in [0.4, 0.5) is 0 Å². The van der Waals surface area contributed by atoms with E-state index >= 15 is 0 Å². The van der Waals surface area contributed by atoms with E-state index in [0.29, 0.717) is 0 Å². The second kappa shape index (κ2) is 2.45. The summed E-state index contributed by atoms with van der Waals surface area (Å²) in [6.07, 6.45) is 4.24. The minimum Gasteiger partial charge on any atom is -0.212 e. The van der Waals surface area contributed by atoms with Gasteiger partial charge in [0, 0.05) is 12.6 Å². The van der Waals surface area contributed by atoms with Crippen molar-refractivity contribution in [1.82, 2.24) is 4.31 Å². The van der Waals surface area contributed by atoms with Gasteiger partial charge in [-0.2, -0.15) is 4.31 Å². The molecule has 1 saturated carbocycles. The van der Waals surface area contributed by atoms with Gasteiger partial charge >= 0.3 is 0 Å². The van der Waals surface area contributed by atoms with Gasteiger partial charge in [-0.3, -0.25) is 0 Å². The van der Waals surface area contributed by atoms with Crippen molar-refractivity contribution in [1.29, 1.82) is 0 Å². The lowest BCUT2D eigenvalue weighted by Crippen LogP contribution is -2.37. The summed E-state index contributed by atoms with van der Waals surface area (Å²) in [6, 6.07) is 0. The first-order chi connectivity index (χ1) is 4.92. The van der Waals surface area contributed by atoms with Crippen LogP contribution in [0.15, 0.2) is 0 Å². The Labute approximate surface area is 68.4 Å². The van der Waals surface area contributed by atoms with Crippen LogP contribution in [-0.2, 0) is 10.0 Å². The Morgan fingerprint density at radius 2 is 1.91 bits per heavy atom. The highest BCUT2D eigenvalue weighted by molar-refractivity contribution is 7.88. The van der Waals surface area contributed by atoms with E-state index < -0.39 is 10.0 Å². The molecule has 0 aliphatic heterocycles. The number of rotatable bonds is 3. The van der Waals surface area contributed by atoms with E-state index in [1.165, 1.54) is 10.6 Å². The second-order valence-corrected chi connectivity index (χ2v) is 5.32. The quantitative estimate of drug-likeness (QED) is 0.640. The van der Waals surface area contributed by atoms with Gasteiger partial charge in [0.05, 0.1) is 6.26 Å². The van der Waals surface area contributed by atoms with Crippen LogP contribution >= 0.6 is 0 Å². The molecule has 0 radical (unpaired) electrons. The van der Waals surface area contributed by atoms with Crippen molar-refractivity contribution in [2.45, 2.75) is 31.7 Å². The summed E-state index contributed by atoms with van der Waals surface area (Å²) in [5.41, 5.74) is -0.0203. The van der Waals surface area contributed by atoms with Crippen LogP contribution in [-0.4, -0.2) is 31.6 Å². The van der Waals surface area contributed by atoms with Gasteiger partial charge in [-0.1, -0.05) is 6.92 Å². The van der Waals surface area contributed by atoms with Gasteiger partial charge < -0.3 is 0 Å². The zero-order chi connectivity index (χ0) is 8.70. The maximum absolute atomic E-state index is 11.1. The first-order valence-corrected chi connectivity index (χ1v) is 5.71. The highest BCUT2D eigenvalue weighted by atomic mass is 32.2. The number of nitrogens with zero attached hydrogens (tertiary/aromatic N) is 1. The molecule has 1 fully saturated rings. The fraction of sp³-hybridized carbons (Fsp3) is 1.00. The van der Waals surface area contributed by atoms with Crippen LogP contribution in [0.5, 0.6) is 0 Å². The first-order valence-electron chi connectivity index (χ1n) is 3.86. The molecule has 0 heterocycles. The fourth-order valence-electron chi connectivity index (χ4n) is 1.39. The van der Waals surface area contributed by atoms with Gasteiger partial charge in [0.1, 0.15) is 0 Å². The molecule has 0 aromatic rings. The van der Waals surface area contributed by atoms with Crippen molar-refractivity contribution >= 4 is 10.0 Å². The molecular weight excluding hydrogens is 162 g/mol. The lowest BCUT2D eigenvalue weighted by atomic mass is 10.2. The van der Waals surface area contributed by atoms with Crippen LogP contribution in [0.1, 0.15) is 26.2 Å². The highest BCUT2D eigenvalue weighted by Crippen LogP contribution is 2.44. The zero-order valence-electron chi connectivity index (χ0n) is 7.29. The second-order valence-electron chi connectivity index (χ2n) is 3.31. The van der Waals surface area contributed by atoms with Crippen LogP contribution < -0.4 is 0 Å². The molecule has 0 bridgehead atoms. The van der Waals surface area contributed by atoms with Gasteiger partial charge in [0.2, 0.25) is 10.0 Å². The zero-order valence-corrected chi connectivity index (χ0v) is 8.11. The fourth-order valence-corrected chi connectivity index (χ4v) is 2.40. The van der Waals surface area contributed by atoms with Crippen LogP contribution in [0.3, 0.4) is 0 Å². The van der Waals surface area contributed by atoms with E-state index in [-0.39, 0.29) is 5.54 Å². The molecule has 4 heteroatoms. The molecule has 0 amide bonds. The van der Waals surface area contributed by atoms with Crippen LogP contribution in [0.2, 0.25) is 0 Å². The average Bonchev–Trinajstić information content (AvgIpc) is 2.64. The summed E-state index contributed by atoms with van der Waals surface area (Å²) < 4.78 is 23.7. The van der Waals surface area contributed by atoms with E-state index in [1.54, 1.807) is 7.05 Å². The lowest BCUT2D eigenvalue weighted by molar-refractivity contribution is 0.341. The normalized spacial score (nSPS) is 22.2. The van der Waals surface area contributed by atoms with E-state index in [2.05, 4.69) is 0 Å². The Bertz CT molecular complexity index is 241. The van der Waals surface area contributed by atoms with Gasteiger partial charge in [-0.05, 0) is 19.3 Å². The SMILES string of the molecule is CCC1(N(C)S(C)(=O)=O)CC1. The molecule has 1 aliphatic rings. The Kier molecular flexibility index (Phi) is 2.01. The molecule has 0 saturated heterocycles. The Morgan fingerprint density at radius 3 is 2.00 bits per heavy atom. The van der Waals surface area contributed by atoms with Crippen molar-refractivity contribution < 1.29 is 8.42 Å². The molecule has 1 rings (SSSR count). The predicted molar refractivity (Wildman–Crippen MR) is 44.9 cm³/mol. The highest BCUT2D eigenvalue weighted by Gasteiger charge is 2.47.